The Morgan fingerprint density at radius 1 is 1.29 bits per heavy atom. The molecule has 3 rings (SSSR count). The highest BCUT2D eigenvalue weighted by atomic mass is 32.1. The quantitative estimate of drug-likeness (QED) is 0.432. The van der Waals surface area contributed by atoms with Crippen LogP contribution in [0.25, 0.3) is 0 Å². The van der Waals surface area contributed by atoms with E-state index >= 15 is 0 Å². The lowest BCUT2D eigenvalue weighted by Crippen LogP contribution is -2.47. The van der Waals surface area contributed by atoms with E-state index in [-0.39, 0.29) is 22.7 Å². The van der Waals surface area contributed by atoms with Crippen molar-refractivity contribution in [1.29, 1.82) is 0 Å². The van der Waals surface area contributed by atoms with E-state index in [0.29, 0.717) is 17.9 Å². The average molecular weight is 402 g/mol. The zero-order valence-electron chi connectivity index (χ0n) is 15.7. The van der Waals surface area contributed by atoms with E-state index in [4.69, 9.17) is 27.4 Å². The molecular weight excluding hydrogens is 380 g/mol. The van der Waals surface area contributed by atoms with E-state index in [9.17, 15) is 10.1 Å². The van der Waals surface area contributed by atoms with Crippen molar-refractivity contribution in [3.8, 4) is 11.5 Å². The predicted molar refractivity (Wildman–Crippen MR) is 109 cm³/mol. The molecule has 1 aliphatic rings. The van der Waals surface area contributed by atoms with Gasteiger partial charge < -0.3 is 20.1 Å². The van der Waals surface area contributed by atoms with Gasteiger partial charge in [0, 0.05) is 18.2 Å². The van der Waals surface area contributed by atoms with E-state index in [2.05, 4.69) is 11.4 Å². The van der Waals surface area contributed by atoms with Gasteiger partial charge in [-0.3, -0.25) is 15.4 Å². The molecule has 0 aliphatic carbocycles. The van der Waals surface area contributed by atoms with Crippen molar-refractivity contribution in [3.63, 3.8) is 0 Å². The van der Waals surface area contributed by atoms with Gasteiger partial charge in [-0.1, -0.05) is 24.3 Å². The lowest BCUT2D eigenvalue weighted by molar-refractivity contribution is -0.385. The number of methoxy groups -OCH3 is 2. The minimum Gasteiger partial charge on any atom is -0.492 e. The van der Waals surface area contributed by atoms with E-state index in [0.717, 1.165) is 18.5 Å². The number of nitrogens with two attached hydrogens (primary N) is 1. The number of nitrogens with one attached hydrogen (secondary N) is 1. The second-order valence-corrected chi connectivity index (χ2v) is 6.76. The third-order valence-electron chi connectivity index (χ3n) is 4.79. The third kappa shape index (κ3) is 3.71. The topological polar surface area (TPSA) is 103 Å². The standard InChI is InChI=1S/C19H22N4O4S/c1-26-16-13(7-8-15(23(24)25)17(16)27-2)11-22(19(20)28)18-14-6-4-3-5-12(14)9-10-21-18/h3-8,18,21H,9-11H2,1-2H3,(H2,20,28). The zero-order valence-corrected chi connectivity index (χ0v) is 16.5. The number of hydrogen-bond acceptors (Lipinski definition) is 6. The van der Waals surface area contributed by atoms with E-state index in [1.54, 1.807) is 6.07 Å². The molecule has 1 unspecified atom stereocenters. The van der Waals surface area contributed by atoms with Crippen molar-refractivity contribution in [1.82, 2.24) is 10.2 Å². The van der Waals surface area contributed by atoms with Gasteiger partial charge in [0.05, 0.1) is 25.7 Å². The normalized spacial score (nSPS) is 15.4. The molecule has 2 aromatic carbocycles. The fraction of sp³-hybridized carbons (Fsp3) is 0.316. The van der Waals surface area contributed by atoms with Crippen molar-refractivity contribution < 1.29 is 14.4 Å². The van der Waals surface area contributed by atoms with Gasteiger partial charge in [-0.25, -0.2) is 0 Å². The zero-order chi connectivity index (χ0) is 20.3. The minimum atomic E-state index is -0.505. The summed E-state index contributed by atoms with van der Waals surface area (Å²) in [6.45, 7) is 1.10. The third-order valence-corrected chi connectivity index (χ3v) is 5.03. The molecule has 3 N–H and O–H groups in total. The summed E-state index contributed by atoms with van der Waals surface area (Å²) in [5.41, 5.74) is 8.91. The number of benzene rings is 2. The summed E-state index contributed by atoms with van der Waals surface area (Å²) in [4.78, 5) is 12.6. The molecule has 2 aromatic rings. The molecule has 1 heterocycles. The minimum absolute atomic E-state index is 0.0740. The molecule has 0 radical (unpaired) electrons. The van der Waals surface area contributed by atoms with Gasteiger partial charge >= 0.3 is 5.69 Å². The van der Waals surface area contributed by atoms with Crippen LogP contribution in [0.4, 0.5) is 5.69 Å². The summed E-state index contributed by atoms with van der Waals surface area (Å²) in [5, 5.41) is 15.0. The molecule has 0 aromatic heterocycles. The average Bonchev–Trinajstić information content (AvgIpc) is 2.70. The number of ether oxygens (including phenoxy) is 2. The number of nitro groups is 1. The second-order valence-electron chi connectivity index (χ2n) is 6.34. The molecule has 28 heavy (non-hydrogen) atoms. The Kier molecular flexibility index (Phi) is 5.96. The van der Waals surface area contributed by atoms with Crippen LogP contribution in [-0.4, -0.2) is 35.7 Å². The van der Waals surface area contributed by atoms with Gasteiger partial charge in [0.1, 0.15) is 6.17 Å². The van der Waals surface area contributed by atoms with E-state index < -0.39 is 4.92 Å². The predicted octanol–water partition coefficient (Wildman–Crippen LogP) is 2.50. The van der Waals surface area contributed by atoms with Crippen LogP contribution < -0.4 is 20.5 Å². The van der Waals surface area contributed by atoms with Crippen LogP contribution in [0.2, 0.25) is 0 Å². The molecule has 0 saturated carbocycles. The first-order chi connectivity index (χ1) is 13.5. The molecule has 0 bridgehead atoms. The first-order valence-electron chi connectivity index (χ1n) is 8.73. The molecule has 0 amide bonds. The first-order valence-corrected chi connectivity index (χ1v) is 9.14. The molecule has 148 valence electrons. The summed E-state index contributed by atoms with van der Waals surface area (Å²) in [7, 11) is 2.82. The lowest BCUT2D eigenvalue weighted by Gasteiger charge is -2.37. The molecule has 0 saturated heterocycles. The van der Waals surface area contributed by atoms with Crippen LogP contribution in [0.1, 0.15) is 22.9 Å². The monoisotopic (exact) mass is 402 g/mol. The van der Waals surface area contributed by atoms with Gasteiger partial charge in [-0.2, -0.15) is 0 Å². The smallest absolute Gasteiger partial charge is 0.314 e. The van der Waals surface area contributed by atoms with Crippen LogP contribution >= 0.6 is 12.2 Å². The molecular formula is C19H22N4O4S. The second kappa shape index (κ2) is 8.41. The summed E-state index contributed by atoms with van der Waals surface area (Å²) in [6.07, 6.45) is 0.723. The molecule has 1 atom stereocenters. The number of fused-ring (bicyclic) bond motifs is 1. The highest BCUT2D eigenvalue weighted by Crippen LogP contribution is 2.40. The fourth-order valence-corrected chi connectivity index (χ4v) is 3.69. The number of nitro benzene ring substituents is 1. The summed E-state index contributed by atoms with van der Waals surface area (Å²) < 4.78 is 10.7. The molecule has 8 nitrogen and oxygen atoms in total. The molecule has 0 spiro atoms. The molecule has 9 heteroatoms. The Labute approximate surface area is 168 Å². The number of hydrogen-bond donors (Lipinski definition) is 2. The number of rotatable bonds is 6. The number of nitrogens with zero attached hydrogens (tertiary/aromatic N) is 2. The molecule has 1 aliphatic heterocycles. The van der Waals surface area contributed by atoms with E-state index in [1.165, 1.54) is 25.8 Å². The van der Waals surface area contributed by atoms with Crippen molar-refractivity contribution in [2.45, 2.75) is 19.1 Å². The van der Waals surface area contributed by atoms with Crippen molar-refractivity contribution in [3.05, 3.63) is 63.2 Å². The van der Waals surface area contributed by atoms with Gasteiger partial charge in [-0.15, -0.1) is 0 Å². The van der Waals surface area contributed by atoms with Crippen LogP contribution in [0, 0.1) is 10.1 Å². The lowest BCUT2D eigenvalue weighted by atomic mass is 9.97. The van der Waals surface area contributed by atoms with Crippen molar-refractivity contribution in [2.24, 2.45) is 5.73 Å². The SMILES string of the molecule is COc1c(CN(C(N)=S)C2NCCc3ccccc32)ccc([N+](=O)[O-])c1OC. The van der Waals surface area contributed by atoms with Gasteiger partial charge in [0.15, 0.2) is 10.9 Å². The Balaban J connectivity index is 2.01. The van der Waals surface area contributed by atoms with Crippen LogP contribution in [-0.2, 0) is 13.0 Å². The Morgan fingerprint density at radius 3 is 2.64 bits per heavy atom. The maximum absolute atomic E-state index is 11.3. The van der Waals surface area contributed by atoms with Gasteiger partial charge in [-0.05, 0) is 35.8 Å². The number of thiocarbonyl (C=S) groups is 1. The molecule has 0 fully saturated rings. The maximum Gasteiger partial charge on any atom is 0.314 e. The summed E-state index contributed by atoms with van der Waals surface area (Å²) in [5.74, 6) is 0.368. The Morgan fingerprint density at radius 2 is 2.00 bits per heavy atom. The maximum atomic E-state index is 11.3. The summed E-state index contributed by atoms with van der Waals surface area (Å²) in [6, 6.07) is 11.2. The van der Waals surface area contributed by atoms with Crippen LogP contribution in [0.3, 0.4) is 0 Å². The highest BCUT2D eigenvalue weighted by molar-refractivity contribution is 7.80. The van der Waals surface area contributed by atoms with E-state index in [1.807, 2.05) is 23.1 Å². The Bertz CT molecular complexity index is 905. The van der Waals surface area contributed by atoms with Crippen LogP contribution in [0.15, 0.2) is 36.4 Å². The fourth-order valence-electron chi connectivity index (χ4n) is 3.52. The largest absolute Gasteiger partial charge is 0.492 e. The highest BCUT2D eigenvalue weighted by Gasteiger charge is 2.29. The Hall–Kier alpha value is -2.91. The van der Waals surface area contributed by atoms with Crippen LogP contribution in [0.5, 0.6) is 11.5 Å². The van der Waals surface area contributed by atoms with Gasteiger partial charge in [0.25, 0.3) is 0 Å². The first kappa shape index (κ1) is 19.8. The van der Waals surface area contributed by atoms with Gasteiger partial charge in [0.2, 0.25) is 5.75 Å². The summed E-state index contributed by atoms with van der Waals surface area (Å²) >= 11 is 5.32. The van der Waals surface area contributed by atoms with Crippen molar-refractivity contribution in [2.75, 3.05) is 20.8 Å². The van der Waals surface area contributed by atoms with Crippen molar-refractivity contribution >= 4 is 23.0 Å².